The highest BCUT2D eigenvalue weighted by molar-refractivity contribution is 9.10. The molecule has 0 aliphatic rings. The molecular formula is C6H11BrO3. The molecule has 0 unspecified atom stereocenters. The molecule has 0 spiro atoms. The number of carboxylic acids is 1. The van der Waals surface area contributed by atoms with Crippen molar-refractivity contribution in [1.82, 2.24) is 0 Å². The van der Waals surface area contributed by atoms with Crippen molar-refractivity contribution in [3.05, 3.63) is 0 Å². The highest BCUT2D eigenvalue weighted by Gasteiger charge is 2.25. The molecule has 0 heterocycles. The smallest absolute Gasteiger partial charge is 0.319 e. The van der Waals surface area contributed by atoms with Crippen molar-refractivity contribution in [1.29, 1.82) is 0 Å². The van der Waals surface area contributed by atoms with Gasteiger partial charge in [-0.2, -0.15) is 0 Å². The van der Waals surface area contributed by atoms with Crippen molar-refractivity contribution in [2.24, 2.45) is 5.92 Å². The third-order valence-corrected chi connectivity index (χ3v) is 2.15. The molecule has 2 atom stereocenters. The highest BCUT2D eigenvalue weighted by Crippen LogP contribution is 2.13. The Labute approximate surface area is 68.2 Å². The number of carbonyl (C=O) groups is 1. The Morgan fingerprint density at radius 2 is 1.90 bits per heavy atom. The molecule has 10 heavy (non-hydrogen) atoms. The summed E-state index contributed by atoms with van der Waals surface area (Å²) in [5, 5.41) is 17.5. The lowest BCUT2D eigenvalue weighted by molar-refractivity contribution is -0.138. The van der Waals surface area contributed by atoms with Crippen LogP contribution >= 0.6 is 15.9 Å². The van der Waals surface area contributed by atoms with Crippen molar-refractivity contribution < 1.29 is 15.0 Å². The van der Waals surface area contributed by atoms with Crippen LogP contribution in [0.15, 0.2) is 0 Å². The zero-order chi connectivity index (χ0) is 8.31. The fourth-order valence-electron chi connectivity index (χ4n) is 0.484. The van der Waals surface area contributed by atoms with Crippen LogP contribution in [0.1, 0.15) is 13.8 Å². The van der Waals surface area contributed by atoms with Gasteiger partial charge in [-0.1, -0.05) is 29.8 Å². The molecule has 0 saturated heterocycles. The third-order valence-electron chi connectivity index (χ3n) is 1.22. The Bertz CT molecular complexity index is 124. The molecule has 0 radical (unpaired) electrons. The first-order valence-corrected chi connectivity index (χ1v) is 3.93. The second kappa shape index (κ2) is 3.93. The van der Waals surface area contributed by atoms with Crippen molar-refractivity contribution in [2.45, 2.75) is 24.8 Å². The molecular weight excluding hydrogens is 200 g/mol. The minimum absolute atomic E-state index is 0.0412. The second-order valence-corrected chi connectivity index (χ2v) is 3.46. The van der Waals surface area contributed by atoms with Crippen LogP contribution in [0.2, 0.25) is 0 Å². The summed E-state index contributed by atoms with van der Waals surface area (Å²) in [5.41, 5.74) is 0. The number of aliphatic carboxylic acids is 1. The lowest BCUT2D eigenvalue weighted by atomic mass is 10.0. The van der Waals surface area contributed by atoms with Gasteiger partial charge in [-0.3, -0.25) is 4.79 Å². The number of aliphatic hydroxyl groups excluding tert-OH is 1. The number of rotatable bonds is 3. The van der Waals surface area contributed by atoms with Gasteiger partial charge in [-0.25, -0.2) is 0 Å². The summed E-state index contributed by atoms with van der Waals surface area (Å²) >= 11 is 2.86. The maximum Gasteiger partial charge on any atom is 0.319 e. The Kier molecular flexibility index (Phi) is 3.89. The van der Waals surface area contributed by atoms with E-state index in [4.69, 9.17) is 10.2 Å². The first kappa shape index (κ1) is 9.91. The maximum absolute atomic E-state index is 10.2. The minimum Gasteiger partial charge on any atom is -0.480 e. The largest absolute Gasteiger partial charge is 0.480 e. The molecule has 0 saturated carbocycles. The van der Waals surface area contributed by atoms with Gasteiger partial charge in [-0.15, -0.1) is 0 Å². The van der Waals surface area contributed by atoms with Crippen molar-refractivity contribution in [2.75, 3.05) is 0 Å². The molecule has 0 aromatic heterocycles. The van der Waals surface area contributed by atoms with Gasteiger partial charge in [0.05, 0.1) is 6.10 Å². The van der Waals surface area contributed by atoms with Crippen LogP contribution in [0.25, 0.3) is 0 Å². The maximum atomic E-state index is 10.2. The summed E-state index contributed by atoms with van der Waals surface area (Å²) in [6, 6.07) is 0. The summed E-state index contributed by atoms with van der Waals surface area (Å²) in [7, 11) is 0. The Morgan fingerprint density at radius 3 is 2.00 bits per heavy atom. The van der Waals surface area contributed by atoms with Crippen LogP contribution in [0, 0.1) is 5.92 Å². The van der Waals surface area contributed by atoms with E-state index < -0.39 is 16.9 Å². The lowest BCUT2D eigenvalue weighted by Crippen LogP contribution is -2.32. The molecule has 2 N–H and O–H groups in total. The normalized spacial score (nSPS) is 16.9. The summed E-state index contributed by atoms with van der Waals surface area (Å²) in [5.74, 6) is -1.07. The molecule has 4 heteroatoms. The molecule has 0 rings (SSSR count). The Balaban J connectivity index is 3.94. The van der Waals surface area contributed by atoms with Gasteiger partial charge in [0, 0.05) is 0 Å². The fourth-order valence-corrected chi connectivity index (χ4v) is 1.09. The Morgan fingerprint density at radius 1 is 1.50 bits per heavy atom. The van der Waals surface area contributed by atoms with Gasteiger partial charge < -0.3 is 10.2 Å². The van der Waals surface area contributed by atoms with E-state index in [1.807, 2.05) is 0 Å². The molecule has 60 valence electrons. The topological polar surface area (TPSA) is 57.5 Å². The van der Waals surface area contributed by atoms with E-state index in [0.29, 0.717) is 0 Å². The Hall–Kier alpha value is -0.0900. The van der Waals surface area contributed by atoms with E-state index in [1.165, 1.54) is 0 Å². The van der Waals surface area contributed by atoms with Gasteiger partial charge in [0.15, 0.2) is 0 Å². The fraction of sp³-hybridized carbons (Fsp3) is 0.833. The van der Waals surface area contributed by atoms with Crippen LogP contribution in [0.4, 0.5) is 0 Å². The van der Waals surface area contributed by atoms with Crippen LogP contribution in [-0.2, 0) is 4.79 Å². The number of halogens is 1. The quantitative estimate of drug-likeness (QED) is 0.680. The second-order valence-electron chi connectivity index (χ2n) is 2.47. The number of hydrogen-bond donors (Lipinski definition) is 2. The van der Waals surface area contributed by atoms with Crippen molar-refractivity contribution in [3.8, 4) is 0 Å². The lowest BCUT2D eigenvalue weighted by Gasteiger charge is -2.16. The van der Waals surface area contributed by atoms with Gasteiger partial charge in [0.1, 0.15) is 4.83 Å². The first-order valence-electron chi connectivity index (χ1n) is 3.01. The zero-order valence-corrected chi connectivity index (χ0v) is 7.50. The van der Waals surface area contributed by atoms with Crippen molar-refractivity contribution in [3.63, 3.8) is 0 Å². The number of aliphatic hydroxyl groups is 1. The van der Waals surface area contributed by atoms with E-state index >= 15 is 0 Å². The molecule has 0 fully saturated rings. The molecule has 0 bridgehead atoms. The summed E-state index contributed by atoms with van der Waals surface area (Å²) in [6.45, 7) is 3.53. The van der Waals surface area contributed by atoms with Crippen LogP contribution in [0.5, 0.6) is 0 Å². The van der Waals surface area contributed by atoms with E-state index in [0.717, 1.165) is 0 Å². The van der Waals surface area contributed by atoms with E-state index in [1.54, 1.807) is 13.8 Å². The van der Waals surface area contributed by atoms with Crippen LogP contribution in [0.3, 0.4) is 0 Å². The van der Waals surface area contributed by atoms with E-state index in [-0.39, 0.29) is 5.92 Å². The average Bonchev–Trinajstić information content (AvgIpc) is 1.84. The number of alkyl halides is 1. The summed E-state index contributed by atoms with van der Waals surface area (Å²) in [4.78, 5) is 9.38. The standard InChI is InChI=1S/C6H11BrO3/c1-3(2)5(8)4(7)6(9)10/h3-5,8H,1-2H3,(H,9,10)/t4-,5-/m0/s1. The highest BCUT2D eigenvalue weighted by atomic mass is 79.9. The average molecular weight is 211 g/mol. The van der Waals surface area contributed by atoms with E-state index in [9.17, 15) is 4.79 Å². The molecule has 3 nitrogen and oxygen atoms in total. The number of hydrogen-bond acceptors (Lipinski definition) is 2. The van der Waals surface area contributed by atoms with Crippen molar-refractivity contribution >= 4 is 21.9 Å². The molecule has 0 aliphatic carbocycles. The number of carboxylic acid groups (broad SMARTS) is 1. The van der Waals surface area contributed by atoms with Gasteiger partial charge in [0.25, 0.3) is 0 Å². The summed E-state index contributed by atoms with van der Waals surface area (Å²) in [6.07, 6.45) is -0.822. The molecule has 0 amide bonds. The van der Waals surface area contributed by atoms with Gasteiger partial charge in [-0.05, 0) is 5.92 Å². The predicted molar refractivity (Wildman–Crippen MR) is 41.2 cm³/mol. The molecule has 0 aromatic rings. The van der Waals surface area contributed by atoms with Gasteiger partial charge >= 0.3 is 5.97 Å². The van der Waals surface area contributed by atoms with Crippen LogP contribution in [-0.4, -0.2) is 27.1 Å². The third kappa shape index (κ3) is 2.66. The predicted octanol–water partition coefficient (Wildman–Crippen LogP) is 0.851. The molecule has 0 aromatic carbocycles. The van der Waals surface area contributed by atoms with Gasteiger partial charge in [0.2, 0.25) is 0 Å². The minimum atomic E-state index is -1.03. The SMILES string of the molecule is CC(C)[C@H](O)[C@H](Br)C(=O)O. The monoisotopic (exact) mass is 210 g/mol. The zero-order valence-electron chi connectivity index (χ0n) is 5.91. The summed E-state index contributed by atoms with van der Waals surface area (Å²) < 4.78 is 0. The van der Waals surface area contributed by atoms with E-state index in [2.05, 4.69) is 15.9 Å². The first-order chi connectivity index (χ1) is 4.46. The molecule has 0 aliphatic heterocycles. The van der Waals surface area contributed by atoms with Crippen LogP contribution < -0.4 is 0 Å².